The third-order valence-electron chi connectivity index (χ3n) is 3.17. The lowest BCUT2D eigenvalue weighted by Crippen LogP contribution is -2.17. The van der Waals surface area contributed by atoms with Crippen LogP contribution in [0.2, 0.25) is 4.34 Å². The molecule has 0 radical (unpaired) electrons. The largest absolute Gasteiger partial charge is 0.497 e. The van der Waals surface area contributed by atoms with Gasteiger partial charge >= 0.3 is 0 Å². The van der Waals surface area contributed by atoms with E-state index in [1.54, 1.807) is 18.4 Å². The number of hydrogen-bond acceptors (Lipinski definition) is 3. The minimum absolute atomic E-state index is 0.296. The van der Waals surface area contributed by atoms with Gasteiger partial charge in [0.2, 0.25) is 0 Å². The van der Waals surface area contributed by atoms with Gasteiger partial charge in [0.25, 0.3) is 0 Å². The van der Waals surface area contributed by atoms with Crippen molar-refractivity contribution in [3.05, 3.63) is 50.7 Å². The van der Waals surface area contributed by atoms with Gasteiger partial charge in [-0.25, -0.2) is 0 Å². The maximum Gasteiger partial charge on any atom is 0.118 e. The van der Waals surface area contributed by atoms with Crippen LogP contribution in [0.3, 0.4) is 0 Å². The summed E-state index contributed by atoms with van der Waals surface area (Å²) in [5.74, 6) is 0.889. The van der Waals surface area contributed by atoms with Gasteiger partial charge in [0, 0.05) is 10.9 Å². The predicted octanol–water partition coefficient (Wildman–Crippen LogP) is 4.22. The van der Waals surface area contributed by atoms with Gasteiger partial charge in [0.15, 0.2) is 0 Å². The summed E-state index contributed by atoms with van der Waals surface area (Å²) in [7, 11) is 3.67. The molecule has 2 aromatic rings. The molecule has 0 amide bonds. The van der Waals surface area contributed by atoms with E-state index in [1.165, 1.54) is 10.4 Å². The molecule has 0 fully saturated rings. The fraction of sp³-hybridized carbons (Fsp3) is 0.333. The smallest absolute Gasteiger partial charge is 0.118 e. The van der Waals surface area contributed by atoms with Gasteiger partial charge in [0.05, 0.1) is 11.4 Å². The minimum Gasteiger partial charge on any atom is -0.497 e. The van der Waals surface area contributed by atoms with Crippen LogP contribution in [0.4, 0.5) is 0 Å². The van der Waals surface area contributed by atoms with Crippen molar-refractivity contribution < 1.29 is 4.74 Å². The van der Waals surface area contributed by atoms with Gasteiger partial charge < -0.3 is 10.1 Å². The van der Waals surface area contributed by atoms with Crippen molar-refractivity contribution in [2.45, 2.75) is 19.4 Å². The summed E-state index contributed by atoms with van der Waals surface area (Å²) < 4.78 is 6.05. The summed E-state index contributed by atoms with van der Waals surface area (Å²) in [4.78, 5) is 1.28. The van der Waals surface area contributed by atoms with Gasteiger partial charge in [0.1, 0.15) is 5.75 Å². The van der Waals surface area contributed by atoms with E-state index >= 15 is 0 Å². The Morgan fingerprint density at radius 2 is 2.00 bits per heavy atom. The van der Waals surface area contributed by atoms with Gasteiger partial charge in [-0.05, 0) is 49.7 Å². The molecule has 1 unspecified atom stereocenters. The Bertz CT molecular complexity index is 516. The van der Waals surface area contributed by atoms with Crippen LogP contribution in [-0.4, -0.2) is 14.2 Å². The molecule has 19 heavy (non-hydrogen) atoms. The van der Waals surface area contributed by atoms with E-state index in [9.17, 15) is 0 Å². The first kappa shape index (κ1) is 14.4. The number of thiophene rings is 1. The molecule has 0 spiro atoms. The summed E-state index contributed by atoms with van der Waals surface area (Å²) in [5, 5.41) is 3.36. The van der Waals surface area contributed by atoms with Crippen molar-refractivity contribution in [2.24, 2.45) is 0 Å². The second-order valence-electron chi connectivity index (χ2n) is 4.50. The van der Waals surface area contributed by atoms with Crippen molar-refractivity contribution in [1.82, 2.24) is 5.32 Å². The summed E-state index contributed by atoms with van der Waals surface area (Å²) in [6.07, 6.45) is 0.941. The zero-order valence-electron chi connectivity index (χ0n) is 11.4. The highest BCUT2D eigenvalue weighted by Crippen LogP contribution is 2.32. The van der Waals surface area contributed by atoms with Crippen LogP contribution in [0.15, 0.2) is 30.3 Å². The highest BCUT2D eigenvalue weighted by Gasteiger charge is 2.14. The molecule has 1 atom stereocenters. The Morgan fingerprint density at radius 1 is 1.32 bits per heavy atom. The third kappa shape index (κ3) is 3.50. The van der Waals surface area contributed by atoms with Crippen LogP contribution in [0, 0.1) is 6.92 Å². The molecule has 0 aliphatic heterocycles. The Labute approximate surface area is 123 Å². The monoisotopic (exact) mass is 295 g/mol. The molecule has 1 aromatic carbocycles. The van der Waals surface area contributed by atoms with Crippen molar-refractivity contribution >= 4 is 22.9 Å². The van der Waals surface area contributed by atoms with Gasteiger partial charge in [-0.1, -0.05) is 23.7 Å². The van der Waals surface area contributed by atoms with Gasteiger partial charge in [-0.15, -0.1) is 11.3 Å². The first-order valence-electron chi connectivity index (χ1n) is 6.20. The van der Waals surface area contributed by atoms with Crippen LogP contribution < -0.4 is 10.1 Å². The quantitative estimate of drug-likeness (QED) is 0.891. The molecule has 0 saturated heterocycles. The molecule has 1 aromatic heterocycles. The number of benzene rings is 1. The van der Waals surface area contributed by atoms with E-state index in [-0.39, 0.29) is 0 Å². The maximum absolute atomic E-state index is 6.15. The lowest BCUT2D eigenvalue weighted by molar-refractivity contribution is 0.414. The summed E-state index contributed by atoms with van der Waals surface area (Å²) in [6.45, 7) is 2.04. The topological polar surface area (TPSA) is 21.3 Å². The molecule has 2 nitrogen and oxygen atoms in total. The average molecular weight is 296 g/mol. The molecule has 1 heterocycles. The van der Waals surface area contributed by atoms with E-state index in [2.05, 4.69) is 23.5 Å². The van der Waals surface area contributed by atoms with Crippen LogP contribution >= 0.6 is 22.9 Å². The number of hydrogen-bond donors (Lipinski definition) is 1. The van der Waals surface area contributed by atoms with E-state index in [1.807, 2.05) is 26.1 Å². The fourth-order valence-corrected chi connectivity index (χ4v) is 3.33. The van der Waals surface area contributed by atoms with E-state index < -0.39 is 0 Å². The van der Waals surface area contributed by atoms with Crippen molar-refractivity contribution in [1.29, 1.82) is 0 Å². The molecule has 0 aliphatic carbocycles. The van der Waals surface area contributed by atoms with E-state index in [0.717, 1.165) is 22.1 Å². The molecule has 0 aliphatic rings. The molecular formula is C15H18ClNOS. The average Bonchev–Trinajstić information content (AvgIpc) is 2.76. The van der Waals surface area contributed by atoms with Crippen LogP contribution in [-0.2, 0) is 6.42 Å². The Hall–Kier alpha value is -1.03. The van der Waals surface area contributed by atoms with Crippen LogP contribution in [0.25, 0.3) is 0 Å². The summed E-state index contributed by atoms with van der Waals surface area (Å²) in [6, 6.07) is 10.7. The summed E-state index contributed by atoms with van der Waals surface area (Å²) in [5.41, 5.74) is 2.43. The van der Waals surface area contributed by atoms with E-state index in [0.29, 0.717) is 6.04 Å². The lowest BCUT2D eigenvalue weighted by atomic mass is 10.0. The third-order valence-corrected chi connectivity index (χ3v) is 4.84. The number of rotatable bonds is 5. The Morgan fingerprint density at radius 3 is 2.47 bits per heavy atom. The highest BCUT2D eigenvalue weighted by molar-refractivity contribution is 7.16. The standard InChI is InChI=1S/C15H18ClNOS/c1-10-8-14(19-15(10)16)13(17-2)9-11-4-6-12(18-3)7-5-11/h4-8,13,17H,9H2,1-3H3. The number of ether oxygens (including phenoxy) is 1. The predicted molar refractivity (Wildman–Crippen MR) is 82.6 cm³/mol. The highest BCUT2D eigenvalue weighted by atomic mass is 35.5. The Balaban J connectivity index is 2.13. The molecular weight excluding hydrogens is 278 g/mol. The number of nitrogens with one attached hydrogen (secondary N) is 1. The second kappa shape index (κ2) is 6.42. The second-order valence-corrected chi connectivity index (χ2v) is 6.18. The molecule has 0 saturated carbocycles. The SMILES string of the molecule is CNC(Cc1ccc(OC)cc1)c1cc(C)c(Cl)s1. The normalized spacial score (nSPS) is 12.4. The van der Waals surface area contributed by atoms with Crippen molar-refractivity contribution in [3.8, 4) is 5.75 Å². The van der Waals surface area contributed by atoms with Crippen molar-refractivity contribution in [3.63, 3.8) is 0 Å². The number of methoxy groups -OCH3 is 1. The minimum atomic E-state index is 0.296. The van der Waals surface area contributed by atoms with Gasteiger partial charge in [-0.3, -0.25) is 0 Å². The van der Waals surface area contributed by atoms with Crippen molar-refractivity contribution in [2.75, 3.05) is 14.2 Å². The van der Waals surface area contributed by atoms with Crippen LogP contribution in [0.1, 0.15) is 22.0 Å². The molecule has 4 heteroatoms. The zero-order valence-corrected chi connectivity index (χ0v) is 12.9. The molecule has 102 valence electrons. The van der Waals surface area contributed by atoms with Gasteiger partial charge in [-0.2, -0.15) is 0 Å². The van der Waals surface area contributed by atoms with E-state index in [4.69, 9.17) is 16.3 Å². The number of aryl methyl sites for hydroxylation is 1. The zero-order chi connectivity index (χ0) is 13.8. The number of likely N-dealkylation sites (N-methyl/N-ethyl adjacent to an activating group) is 1. The molecule has 1 N–H and O–H groups in total. The molecule has 0 bridgehead atoms. The Kier molecular flexibility index (Phi) is 4.86. The fourth-order valence-electron chi connectivity index (χ4n) is 2.00. The summed E-state index contributed by atoms with van der Waals surface area (Å²) >= 11 is 7.80. The maximum atomic E-state index is 6.15. The molecule has 2 rings (SSSR count). The first-order valence-corrected chi connectivity index (χ1v) is 7.39. The lowest BCUT2D eigenvalue weighted by Gasteiger charge is -2.14. The first-order chi connectivity index (χ1) is 9.13. The number of halogens is 1. The van der Waals surface area contributed by atoms with Crippen LogP contribution in [0.5, 0.6) is 5.75 Å².